The quantitative estimate of drug-likeness (QED) is 0.624. The van der Waals surface area contributed by atoms with Gasteiger partial charge in [-0.15, -0.1) is 0 Å². The fourth-order valence-corrected chi connectivity index (χ4v) is 2.48. The number of pyridine rings is 1. The zero-order valence-electron chi connectivity index (χ0n) is 12.7. The van der Waals surface area contributed by atoms with Gasteiger partial charge in [-0.2, -0.15) is 0 Å². The molecule has 0 saturated carbocycles. The molecule has 4 aromatic rings. The molecule has 3 heterocycles. The SMILES string of the molecule is c1ccc(-c2nccn2-c2ccncc2Nc2ncccn2)cc1. The molecule has 24 heavy (non-hydrogen) atoms. The minimum atomic E-state index is 0.521. The second kappa shape index (κ2) is 6.29. The van der Waals surface area contributed by atoms with E-state index in [4.69, 9.17) is 0 Å². The Labute approximate surface area is 138 Å². The monoisotopic (exact) mass is 314 g/mol. The zero-order valence-corrected chi connectivity index (χ0v) is 12.7. The number of rotatable bonds is 4. The second-order valence-corrected chi connectivity index (χ2v) is 5.08. The van der Waals surface area contributed by atoms with E-state index in [2.05, 4.69) is 25.3 Å². The fourth-order valence-electron chi connectivity index (χ4n) is 2.48. The van der Waals surface area contributed by atoms with E-state index in [9.17, 15) is 0 Å². The summed E-state index contributed by atoms with van der Waals surface area (Å²) in [5, 5.41) is 3.21. The summed E-state index contributed by atoms with van der Waals surface area (Å²) in [5.74, 6) is 1.38. The highest BCUT2D eigenvalue weighted by Crippen LogP contribution is 2.26. The lowest BCUT2D eigenvalue weighted by atomic mass is 10.2. The third-order valence-corrected chi connectivity index (χ3v) is 3.54. The van der Waals surface area contributed by atoms with Crippen molar-refractivity contribution in [2.75, 3.05) is 5.32 Å². The molecule has 0 aliphatic rings. The highest BCUT2D eigenvalue weighted by molar-refractivity contribution is 5.68. The summed E-state index contributed by atoms with van der Waals surface area (Å²) in [4.78, 5) is 17.1. The Balaban J connectivity index is 1.78. The van der Waals surface area contributed by atoms with E-state index < -0.39 is 0 Å². The molecular formula is C18H14N6. The van der Waals surface area contributed by atoms with E-state index in [-0.39, 0.29) is 0 Å². The van der Waals surface area contributed by atoms with Crippen molar-refractivity contribution >= 4 is 11.6 Å². The highest BCUT2D eigenvalue weighted by Gasteiger charge is 2.11. The molecule has 4 rings (SSSR count). The average Bonchev–Trinajstić information content (AvgIpc) is 3.13. The van der Waals surface area contributed by atoms with Gasteiger partial charge in [-0.05, 0) is 12.1 Å². The van der Waals surface area contributed by atoms with E-state index in [1.165, 1.54) is 0 Å². The van der Waals surface area contributed by atoms with Gasteiger partial charge in [-0.25, -0.2) is 15.0 Å². The minimum absolute atomic E-state index is 0.521. The topological polar surface area (TPSA) is 68.5 Å². The van der Waals surface area contributed by atoms with Gasteiger partial charge < -0.3 is 5.32 Å². The van der Waals surface area contributed by atoms with Gasteiger partial charge in [0.2, 0.25) is 5.95 Å². The molecule has 0 saturated heterocycles. The molecule has 0 bridgehead atoms. The van der Waals surface area contributed by atoms with Crippen LogP contribution < -0.4 is 5.32 Å². The van der Waals surface area contributed by atoms with E-state index in [0.29, 0.717) is 5.95 Å². The van der Waals surface area contributed by atoms with Crippen LogP contribution in [0.1, 0.15) is 0 Å². The van der Waals surface area contributed by atoms with Crippen molar-refractivity contribution in [2.45, 2.75) is 0 Å². The Morgan fingerprint density at radius 2 is 1.62 bits per heavy atom. The molecule has 6 nitrogen and oxygen atoms in total. The second-order valence-electron chi connectivity index (χ2n) is 5.08. The van der Waals surface area contributed by atoms with Gasteiger partial charge in [-0.3, -0.25) is 9.55 Å². The van der Waals surface area contributed by atoms with Crippen LogP contribution in [0.15, 0.2) is 79.6 Å². The van der Waals surface area contributed by atoms with Crippen LogP contribution in [-0.4, -0.2) is 24.5 Å². The maximum Gasteiger partial charge on any atom is 0.227 e. The van der Waals surface area contributed by atoms with E-state index in [1.54, 1.807) is 37.1 Å². The lowest BCUT2D eigenvalue weighted by Crippen LogP contribution is -2.03. The molecule has 1 N–H and O–H groups in total. The lowest BCUT2D eigenvalue weighted by molar-refractivity contribution is 1.05. The van der Waals surface area contributed by atoms with Gasteiger partial charge in [0.05, 0.1) is 17.6 Å². The number of benzene rings is 1. The first kappa shape index (κ1) is 14.1. The first-order chi connectivity index (χ1) is 11.9. The van der Waals surface area contributed by atoms with Gasteiger partial charge in [0, 0.05) is 36.5 Å². The van der Waals surface area contributed by atoms with E-state index >= 15 is 0 Å². The average molecular weight is 314 g/mol. The number of hydrogen-bond acceptors (Lipinski definition) is 5. The van der Waals surface area contributed by atoms with Crippen molar-refractivity contribution < 1.29 is 0 Å². The molecule has 0 spiro atoms. The van der Waals surface area contributed by atoms with Crippen LogP contribution in [0.3, 0.4) is 0 Å². The summed E-state index contributed by atoms with van der Waals surface area (Å²) >= 11 is 0. The van der Waals surface area contributed by atoms with Crippen molar-refractivity contribution in [3.63, 3.8) is 0 Å². The highest BCUT2D eigenvalue weighted by atomic mass is 15.1. The summed E-state index contributed by atoms with van der Waals surface area (Å²) in [6.07, 6.45) is 10.6. The van der Waals surface area contributed by atoms with Crippen molar-refractivity contribution in [1.82, 2.24) is 24.5 Å². The molecule has 0 amide bonds. The van der Waals surface area contributed by atoms with Gasteiger partial charge >= 0.3 is 0 Å². The number of aromatic nitrogens is 5. The van der Waals surface area contributed by atoms with Crippen LogP contribution >= 0.6 is 0 Å². The molecule has 0 atom stereocenters. The van der Waals surface area contributed by atoms with Crippen molar-refractivity contribution in [3.05, 3.63) is 79.6 Å². The molecular weight excluding hydrogens is 300 g/mol. The molecule has 0 unspecified atom stereocenters. The molecule has 0 radical (unpaired) electrons. The van der Waals surface area contributed by atoms with Gasteiger partial charge in [0.25, 0.3) is 0 Å². The molecule has 3 aromatic heterocycles. The summed E-state index contributed by atoms with van der Waals surface area (Å²) in [7, 11) is 0. The Morgan fingerprint density at radius 1 is 0.792 bits per heavy atom. The Morgan fingerprint density at radius 3 is 2.46 bits per heavy atom. The first-order valence-corrected chi connectivity index (χ1v) is 7.49. The van der Waals surface area contributed by atoms with Gasteiger partial charge in [0.1, 0.15) is 5.82 Å². The Kier molecular flexibility index (Phi) is 3.69. The third kappa shape index (κ3) is 2.72. The van der Waals surface area contributed by atoms with Crippen LogP contribution in [0, 0.1) is 0 Å². The van der Waals surface area contributed by atoms with Crippen molar-refractivity contribution in [2.24, 2.45) is 0 Å². The van der Waals surface area contributed by atoms with Gasteiger partial charge in [-0.1, -0.05) is 30.3 Å². The predicted molar refractivity (Wildman–Crippen MR) is 92.1 cm³/mol. The van der Waals surface area contributed by atoms with Crippen molar-refractivity contribution in [3.8, 4) is 17.1 Å². The van der Waals surface area contributed by atoms with Crippen molar-refractivity contribution in [1.29, 1.82) is 0 Å². The summed E-state index contributed by atoms with van der Waals surface area (Å²) in [5.41, 5.74) is 2.77. The fraction of sp³-hybridized carbons (Fsp3) is 0. The Bertz CT molecular complexity index is 934. The molecule has 6 heteroatoms. The number of imidazole rings is 1. The van der Waals surface area contributed by atoms with Crippen LogP contribution in [0.4, 0.5) is 11.6 Å². The largest absolute Gasteiger partial charge is 0.321 e. The third-order valence-electron chi connectivity index (χ3n) is 3.54. The predicted octanol–water partition coefficient (Wildman–Crippen LogP) is 3.47. The molecule has 116 valence electrons. The Hall–Kier alpha value is -3.54. The number of hydrogen-bond donors (Lipinski definition) is 1. The smallest absolute Gasteiger partial charge is 0.227 e. The molecule has 1 aromatic carbocycles. The maximum absolute atomic E-state index is 4.49. The summed E-state index contributed by atoms with van der Waals surface area (Å²) < 4.78 is 2.02. The van der Waals surface area contributed by atoms with Crippen LogP contribution in [0.2, 0.25) is 0 Å². The number of nitrogens with zero attached hydrogens (tertiary/aromatic N) is 5. The van der Waals surface area contributed by atoms with Crippen LogP contribution in [0.5, 0.6) is 0 Å². The number of nitrogens with one attached hydrogen (secondary N) is 1. The lowest BCUT2D eigenvalue weighted by Gasteiger charge is -2.13. The molecule has 0 fully saturated rings. The van der Waals surface area contributed by atoms with Gasteiger partial charge in [0.15, 0.2) is 0 Å². The summed E-state index contributed by atoms with van der Waals surface area (Å²) in [6.45, 7) is 0. The maximum atomic E-state index is 4.49. The molecule has 0 aliphatic carbocycles. The van der Waals surface area contributed by atoms with Crippen LogP contribution in [0.25, 0.3) is 17.1 Å². The molecule has 0 aliphatic heterocycles. The number of anilines is 2. The first-order valence-electron chi connectivity index (χ1n) is 7.49. The van der Waals surface area contributed by atoms with E-state index in [1.807, 2.05) is 47.2 Å². The minimum Gasteiger partial charge on any atom is -0.321 e. The zero-order chi connectivity index (χ0) is 16.2. The summed E-state index contributed by atoms with van der Waals surface area (Å²) in [6, 6.07) is 13.8. The normalized spacial score (nSPS) is 10.5. The van der Waals surface area contributed by atoms with Crippen LogP contribution in [-0.2, 0) is 0 Å². The van der Waals surface area contributed by atoms with E-state index in [0.717, 1.165) is 22.8 Å². The standard InChI is InChI=1S/C18H14N6/c1-2-5-14(6-3-1)17-20-11-12-24(17)16-7-10-19-13-15(16)23-18-21-8-4-9-22-18/h1-13H,(H,21,22,23).